The van der Waals surface area contributed by atoms with Crippen molar-refractivity contribution < 1.29 is 4.74 Å². The quantitative estimate of drug-likeness (QED) is 0.851. The van der Waals surface area contributed by atoms with Crippen LogP contribution < -0.4 is 10.1 Å². The average molecular weight is 261 g/mol. The van der Waals surface area contributed by atoms with Crippen molar-refractivity contribution in [2.45, 2.75) is 19.9 Å². The summed E-state index contributed by atoms with van der Waals surface area (Å²) in [5, 5.41) is 5.71. The van der Waals surface area contributed by atoms with Crippen LogP contribution in [0, 0.1) is 5.92 Å². The monoisotopic (exact) mass is 261 g/mol. The maximum Gasteiger partial charge on any atom is 0.119 e. The minimum Gasteiger partial charge on any atom is -0.497 e. The van der Waals surface area contributed by atoms with E-state index in [1.54, 1.807) is 18.4 Å². The topological polar surface area (TPSA) is 21.3 Å². The predicted octanol–water partition coefficient (Wildman–Crippen LogP) is 4.57. The molecule has 0 aliphatic rings. The second-order valence-electron chi connectivity index (χ2n) is 4.61. The lowest BCUT2D eigenvalue weighted by Gasteiger charge is -2.22. The maximum atomic E-state index is 5.17. The van der Waals surface area contributed by atoms with Crippen molar-refractivity contribution >= 4 is 17.0 Å². The summed E-state index contributed by atoms with van der Waals surface area (Å²) in [4.78, 5) is 1.38. The standard InChI is InChI=1S/C15H19NOS/c1-11(2)15(14-5-4-10-18-14)16-12-6-8-13(17-3)9-7-12/h4-11,15-16H,1-3H3. The van der Waals surface area contributed by atoms with Gasteiger partial charge >= 0.3 is 0 Å². The van der Waals surface area contributed by atoms with Crippen LogP contribution in [0.1, 0.15) is 24.8 Å². The average Bonchev–Trinajstić information content (AvgIpc) is 2.90. The van der Waals surface area contributed by atoms with Crippen LogP contribution in [0.15, 0.2) is 41.8 Å². The van der Waals surface area contributed by atoms with Gasteiger partial charge < -0.3 is 10.1 Å². The lowest BCUT2D eigenvalue weighted by molar-refractivity contribution is 0.415. The molecule has 0 saturated heterocycles. The molecule has 0 radical (unpaired) electrons. The maximum absolute atomic E-state index is 5.17. The summed E-state index contributed by atoms with van der Waals surface area (Å²) in [5.74, 6) is 1.43. The Morgan fingerprint density at radius 1 is 1.11 bits per heavy atom. The fourth-order valence-electron chi connectivity index (χ4n) is 1.90. The first-order valence-electron chi connectivity index (χ1n) is 6.14. The van der Waals surface area contributed by atoms with E-state index in [1.807, 2.05) is 12.1 Å². The first-order chi connectivity index (χ1) is 8.70. The van der Waals surface area contributed by atoms with Crippen LogP contribution in [-0.2, 0) is 0 Å². The predicted molar refractivity (Wildman–Crippen MR) is 78.5 cm³/mol. The highest BCUT2D eigenvalue weighted by Gasteiger charge is 2.16. The van der Waals surface area contributed by atoms with Crippen molar-refractivity contribution in [3.8, 4) is 5.75 Å². The highest BCUT2D eigenvalue weighted by molar-refractivity contribution is 7.10. The normalized spacial score (nSPS) is 12.4. The number of thiophene rings is 1. The molecule has 96 valence electrons. The van der Waals surface area contributed by atoms with Crippen molar-refractivity contribution in [2.75, 3.05) is 12.4 Å². The Balaban J connectivity index is 2.13. The molecule has 1 aromatic heterocycles. The van der Waals surface area contributed by atoms with Crippen molar-refractivity contribution in [2.24, 2.45) is 5.92 Å². The zero-order chi connectivity index (χ0) is 13.0. The van der Waals surface area contributed by atoms with Gasteiger partial charge in [-0.1, -0.05) is 19.9 Å². The Bertz CT molecular complexity index is 462. The van der Waals surface area contributed by atoms with E-state index < -0.39 is 0 Å². The summed E-state index contributed by atoms with van der Waals surface area (Å²) >= 11 is 1.80. The van der Waals surface area contributed by atoms with Crippen molar-refractivity contribution in [3.63, 3.8) is 0 Å². The van der Waals surface area contributed by atoms with Crippen LogP contribution in [0.4, 0.5) is 5.69 Å². The summed E-state index contributed by atoms with van der Waals surface area (Å²) in [6.07, 6.45) is 0. The molecular weight excluding hydrogens is 242 g/mol. The van der Waals surface area contributed by atoms with Gasteiger partial charge in [-0.05, 0) is 41.6 Å². The van der Waals surface area contributed by atoms with Crippen molar-refractivity contribution in [1.82, 2.24) is 0 Å². The van der Waals surface area contributed by atoms with Gasteiger partial charge in [0.2, 0.25) is 0 Å². The summed E-state index contributed by atoms with van der Waals surface area (Å²) in [5.41, 5.74) is 1.13. The van der Waals surface area contributed by atoms with E-state index >= 15 is 0 Å². The molecule has 1 aromatic carbocycles. The third kappa shape index (κ3) is 3.05. The van der Waals surface area contributed by atoms with Crippen LogP contribution in [0.25, 0.3) is 0 Å². The number of ether oxygens (including phenoxy) is 1. The number of anilines is 1. The molecule has 0 aliphatic heterocycles. The third-order valence-electron chi connectivity index (χ3n) is 2.93. The molecule has 0 fully saturated rings. The van der Waals surface area contributed by atoms with Gasteiger partial charge in [-0.3, -0.25) is 0 Å². The molecule has 0 amide bonds. The Labute approximate surface area is 113 Å². The molecule has 18 heavy (non-hydrogen) atoms. The van der Waals surface area contributed by atoms with Crippen LogP contribution in [0.2, 0.25) is 0 Å². The number of hydrogen-bond acceptors (Lipinski definition) is 3. The summed E-state index contributed by atoms with van der Waals surface area (Å²) in [6.45, 7) is 4.47. The Hall–Kier alpha value is -1.48. The fraction of sp³-hybridized carbons (Fsp3) is 0.333. The van der Waals surface area contributed by atoms with E-state index in [4.69, 9.17) is 4.74 Å². The van der Waals surface area contributed by atoms with Crippen LogP contribution in [-0.4, -0.2) is 7.11 Å². The molecule has 0 bridgehead atoms. The van der Waals surface area contributed by atoms with Gasteiger partial charge in [0.05, 0.1) is 13.2 Å². The van der Waals surface area contributed by atoms with Crippen molar-refractivity contribution in [3.05, 3.63) is 46.7 Å². The van der Waals surface area contributed by atoms with Crippen LogP contribution >= 0.6 is 11.3 Å². The molecule has 1 heterocycles. The third-order valence-corrected chi connectivity index (χ3v) is 3.88. The fourth-order valence-corrected chi connectivity index (χ4v) is 2.85. The van der Waals surface area contributed by atoms with E-state index in [0.717, 1.165) is 11.4 Å². The summed E-state index contributed by atoms with van der Waals surface area (Å²) in [6, 6.07) is 12.7. The minimum atomic E-state index is 0.360. The van der Waals surface area contributed by atoms with Gasteiger partial charge in [0.25, 0.3) is 0 Å². The number of rotatable bonds is 5. The second-order valence-corrected chi connectivity index (χ2v) is 5.59. The highest BCUT2D eigenvalue weighted by atomic mass is 32.1. The molecule has 2 aromatic rings. The van der Waals surface area contributed by atoms with E-state index in [0.29, 0.717) is 12.0 Å². The van der Waals surface area contributed by atoms with Crippen LogP contribution in [0.5, 0.6) is 5.75 Å². The molecule has 0 aliphatic carbocycles. The van der Waals surface area contributed by atoms with Gasteiger partial charge in [0, 0.05) is 10.6 Å². The molecule has 0 saturated carbocycles. The largest absolute Gasteiger partial charge is 0.497 e. The first kappa shape index (κ1) is 13.0. The molecule has 1 unspecified atom stereocenters. The number of methoxy groups -OCH3 is 1. The summed E-state index contributed by atoms with van der Waals surface area (Å²) in [7, 11) is 1.69. The zero-order valence-electron chi connectivity index (χ0n) is 11.0. The zero-order valence-corrected chi connectivity index (χ0v) is 11.8. The Kier molecular flexibility index (Phi) is 4.26. The van der Waals surface area contributed by atoms with E-state index in [2.05, 4.69) is 48.8 Å². The molecule has 3 heteroatoms. The SMILES string of the molecule is COc1ccc(NC(c2cccs2)C(C)C)cc1. The molecule has 1 N–H and O–H groups in total. The second kappa shape index (κ2) is 5.91. The molecular formula is C15H19NOS. The smallest absolute Gasteiger partial charge is 0.119 e. The van der Waals surface area contributed by atoms with E-state index in [9.17, 15) is 0 Å². The van der Waals surface area contributed by atoms with Gasteiger partial charge in [0.15, 0.2) is 0 Å². The van der Waals surface area contributed by atoms with Gasteiger partial charge in [-0.15, -0.1) is 11.3 Å². The Morgan fingerprint density at radius 3 is 2.33 bits per heavy atom. The van der Waals surface area contributed by atoms with E-state index in [1.165, 1.54) is 4.88 Å². The number of hydrogen-bond donors (Lipinski definition) is 1. The molecule has 1 atom stereocenters. The molecule has 0 spiro atoms. The van der Waals surface area contributed by atoms with Gasteiger partial charge in [0.1, 0.15) is 5.75 Å². The van der Waals surface area contributed by atoms with E-state index in [-0.39, 0.29) is 0 Å². The van der Waals surface area contributed by atoms with Gasteiger partial charge in [-0.2, -0.15) is 0 Å². The minimum absolute atomic E-state index is 0.360. The molecule has 2 rings (SSSR count). The lowest BCUT2D eigenvalue weighted by atomic mass is 10.0. The highest BCUT2D eigenvalue weighted by Crippen LogP contribution is 2.30. The molecule has 2 nitrogen and oxygen atoms in total. The Morgan fingerprint density at radius 2 is 1.83 bits per heavy atom. The van der Waals surface area contributed by atoms with Crippen molar-refractivity contribution in [1.29, 1.82) is 0 Å². The first-order valence-corrected chi connectivity index (χ1v) is 7.02. The van der Waals surface area contributed by atoms with Crippen LogP contribution in [0.3, 0.4) is 0 Å². The number of nitrogens with one attached hydrogen (secondary N) is 1. The summed E-state index contributed by atoms with van der Waals surface area (Å²) < 4.78 is 5.17. The van der Waals surface area contributed by atoms with Gasteiger partial charge in [-0.25, -0.2) is 0 Å². The number of benzene rings is 1. The lowest BCUT2D eigenvalue weighted by Crippen LogP contribution is -2.15.